The molecule has 2 aromatic heterocycles. The van der Waals surface area contributed by atoms with Gasteiger partial charge in [-0.3, -0.25) is 0 Å². The molecule has 6 heteroatoms. The van der Waals surface area contributed by atoms with Gasteiger partial charge in [-0.2, -0.15) is 0 Å². The van der Waals surface area contributed by atoms with Crippen molar-refractivity contribution in [2.45, 2.75) is 45.6 Å². The van der Waals surface area contributed by atoms with E-state index in [1.165, 1.54) is 11.1 Å². The van der Waals surface area contributed by atoms with Crippen molar-refractivity contribution in [2.75, 3.05) is 5.32 Å². The molecule has 0 saturated heterocycles. The molecule has 4 nitrogen and oxygen atoms in total. The minimum Gasteiger partial charge on any atom is -0.345 e. The van der Waals surface area contributed by atoms with Crippen LogP contribution in [0.2, 0.25) is 5.02 Å². The van der Waals surface area contributed by atoms with Crippen LogP contribution in [0.5, 0.6) is 0 Å². The van der Waals surface area contributed by atoms with E-state index in [1.54, 1.807) is 0 Å². The van der Waals surface area contributed by atoms with Gasteiger partial charge >= 0.3 is 0 Å². The van der Waals surface area contributed by atoms with Gasteiger partial charge in [-0.05, 0) is 60.6 Å². The number of anilines is 1. The molecule has 3 heterocycles. The number of benzene rings is 3. The van der Waals surface area contributed by atoms with Crippen molar-refractivity contribution in [3.63, 3.8) is 0 Å². The zero-order valence-electron chi connectivity index (χ0n) is 21.0. The third kappa shape index (κ3) is 4.36. The summed E-state index contributed by atoms with van der Waals surface area (Å²) in [6.07, 6.45) is 3.21. The van der Waals surface area contributed by atoms with E-state index in [1.807, 2.05) is 18.2 Å². The average molecular weight is 525 g/mol. The van der Waals surface area contributed by atoms with Gasteiger partial charge in [0.1, 0.15) is 16.3 Å². The van der Waals surface area contributed by atoms with E-state index >= 15 is 0 Å². The Bertz CT molecular complexity index is 1580. The predicted molar refractivity (Wildman–Crippen MR) is 158 cm³/mol. The third-order valence-corrected chi connectivity index (χ3v) is 7.75. The van der Waals surface area contributed by atoms with Crippen LogP contribution in [-0.2, 0) is 13.0 Å². The van der Waals surface area contributed by atoms with Gasteiger partial charge in [-0.25, -0.2) is 4.52 Å². The summed E-state index contributed by atoms with van der Waals surface area (Å²) < 4.78 is 4.45. The Balaban J connectivity index is 1.55. The minimum atomic E-state index is 0.483. The van der Waals surface area contributed by atoms with Gasteiger partial charge in [0.15, 0.2) is 5.82 Å². The highest BCUT2D eigenvalue weighted by atomic mass is 35.5. The van der Waals surface area contributed by atoms with Crippen molar-refractivity contribution in [1.29, 1.82) is 0 Å². The van der Waals surface area contributed by atoms with Gasteiger partial charge < -0.3 is 9.88 Å². The summed E-state index contributed by atoms with van der Waals surface area (Å²) >= 11 is 12.4. The number of hydrogen-bond donors (Lipinski definition) is 1. The normalized spacial score (nSPS) is 13.2. The maximum absolute atomic E-state index is 6.27. The number of aryl methyl sites for hydroxylation is 2. The maximum Gasteiger partial charge on any atom is 0.162 e. The number of aromatic nitrogens is 3. The van der Waals surface area contributed by atoms with Crippen molar-refractivity contribution < 1.29 is 0 Å². The Morgan fingerprint density at radius 1 is 0.919 bits per heavy atom. The smallest absolute Gasteiger partial charge is 0.162 e. The summed E-state index contributed by atoms with van der Waals surface area (Å²) in [5.41, 5.74) is 9.00. The summed E-state index contributed by atoms with van der Waals surface area (Å²) in [5.74, 6) is 1.46. The molecule has 0 aliphatic carbocycles. The van der Waals surface area contributed by atoms with E-state index in [0.717, 1.165) is 70.4 Å². The quantitative estimate of drug-likeness (QED) is 0.234. The average Bonchev–Trinajstić information content (AvgIpc) is 3.33. The molecule has 0 bridgehead atoms. The second kappa shape index (κ2) is 9.81. The summed E-state index contributed by atoms with van der Waals surface area (Å²) in [4.78, 5) is 0.660. The molecule has 5 aromatic rings. The fraction of sp³-hybridized carbons (Fsp3) is 0.226. The van der Waals surface area contributed by atoms with Crippen LogP contribution in [0, 0.1) is 0 Å². The molecule has 0 saturated carbocycles. The van der Waals surface area contributed by atoms with Gasteiger partial charge in [0.05, 0.1) is 0 Å². The first-order valence-corrected chi connectivity index (χ1v) is 13.7. The molecular formula is C31H29ClN4S. The Kier molecular flexibility index (Phi) is 6.35. The van der Waals surface area contributed by atoms with Crippen molar-refractivity contribution in [3.05, 3.63) is 101 Å². The fourth-order valence-corrected chi connectivity index (χ4v) is 5.75. The molecule has 0 atom stereocenters. The lowest BCUT2D eigenvalue weighted by Crippen LogP contribution is -2.15. The fourth-order valence-electron chi connectivity index (χ4n) is 5.32. The molecule has 37 heavy (non-hydrogen) atoms. The van der Waals surface area contributed by atoms with Crippen LogP contribution in [0.1, 0.15) is 49.4 Å². The zero-order valence-corrected chi connectivity index (χ0v) is 22.6. The van der Waals surface area contributed by atoms with E-state index in [0.29, 0.717) is 10.9 Å². The first-order valence-electron chi connectivity index (χ1n) is 12.9. The molecule has 0 fully saturated rings. The van der Waals surface area contributed by atoms with Gasteiger partial charge in [0.2, 0.25) is 0 Å². The minimum absolute atomic E-state index is 0.483. The number of rotatable bonds is 5. The molecule has 1 N–H and O–H groups in total. The molecular weight excluding hydrogens is 496 g/mol. The van der Waals surface area contributed by atoms with E-state index in [9.17, 15) is 0 Å². The van der Waals surface area contributed by atoms with E-state index in [-0.39, 0.29) is 0 Å². The molecule has 6 rings (SSSR count). The first-order chi connectivity index (χ1) is 18.0. The van der Waals surface area contributed by atoms with Gasteiger partial charge in [0.25, 0.3) is 0 Å². The summed E-state index contributed by atoms with van der Waals surface area (Å²) in [7, 11) is 0. The van der Waals surface area contributed by atoms with Gasteiger partial charge in [-0.1, -0.05) is 92.3 Å². The highest BCUT2D eigenvalue weighted by Gasteiger charge is 2.29. The molecule has 0 radical (unpaired) electrons. The predicted octanol–water partition coefficient (Wildman–Crippen LogP) is 8.37. The summed E-state index contributed by atoms with van der Waals surface area (Å²) in [6, 6.07) is 27.0. The second-order valence-corrected chi connectivity index (χ2v) is 10.8. The number of hydrogen-bond acceptors (Lipinski definition) is 2. The summed E-state index contributed by atoms with van der Waals surface area (Å²) in [6.45, 7) is 5.34. The Hall–Kier alpha value is -3.41. The van der Waals surface area contributed by atoms with Crippen molar-refractivity contribution >= 4 is 40.1 Å². The lowest BCUT2D eigenvalue weighted by molar-refractivity contribution is 0.645. The van der Waals surface area contributed by atoms with Gasteiger partial charge in [0, 0.05) is 33.9 Å². The second-order valence-electron chi connectivity index (χ2n) is 9.97. The van der Waals surface area contributed by atoms with Crippen LogP contribution in [0.3, 0.4) is 0 Å². The zero-order chi connectivity index (χ0) is 25.5. The lowest BCUT2D eigenvalue weighted by Gasteiger charge is -2.13. The van der Waals surface area contributed by atoms with Gasteiger partial charge in [-0.15, -0.1) is 5.10 Å². The Morgan fingerprint density at radius 2 is 1.65 bits per heavy atom. The standard InChI is InChI=1S/C31H29ClN4S/c1-20(2)21-13-17-25(18-14-21)33-30(37)28-27(22-11-15-24(32)16-12-22)26-10-6-7-19-35-29(34-36(28)31(26)35)23-8-4-3-5-9-23/h3-5,8-9,11-18,20H,6-7,10,19H2,1-2H3,(H,33,37). The number of nitrogens with one attached hydrogen (secondary N) is 1. The lowest BCUT2D eigenvalue weighted by atomic mass is 9.98. The number of thiocarbonyl (C=S) groups is 1. The third-order valence-electron chi connectivity index (χ3n) is 7.20. The highest BCUT2D eigenvalue weighted by Crippen LogP contribution is 2.39. The molecule has 0 spiro atoms. The molecule has 3 aromatic carbocycles. The van der Waals surface area contributed by atoms with Crippen LogP contribution < -0.4 is 5.32 Å². The maximum atomic E-state index is 6.27. The largest absolute Gasteiger partial charge is 0.345 e. The molecule has 1 aliphatic rings. The van der Waals surface area contributed by atoms with Crippen LogP contribution in [0.15, 0.2) is 78.9 Å². The van der Waals surface area contributed by atoms with E-state index in [4.69, 9.17) is 28.9 Å². The topological polar surface area (TPSA) is 34.3 Å². The molecule has 186 valence electrons. The van der Waals surface area contributed by atoms with Crippen molar-refractivity contribution in [1.82, 2.24) is 14.2 Å². The first kappa shape index (κ1) is 24.0. The van der Waals surface area contributed by atoms with Crippen LogP contribution in [0.25, 0.3) is 28.2 Å². The SMILES string of the molecule is CC(C)c1ccc(NC(=S)c2c(-c3ccc(Cl)cc3)c3c4n(c(-c5ccccc5)nn24)CCCC3)cc1. The van der Waals surface area contributed by atoms with Crippen LogP contribution in [0.4, 0.5) is 5.69 Å². The Morgan fingerprint density at radius 3 is 2.35 bits per heavy atom. The Labute approximate surface area is 227 Å². The summed E-state index contributed by atoms with van der Waals surface area (Å²) in [5, 5.41) is 9.42. The van der Waals surface area contributed by atoms with Crippen LogP contribution >= 0.6 is 23.8 Å². The number of nitrogens with zero attached hydrogens (tertiary/aromatic N) is 3. The molecule has 0 unspecified atom stereocenters. The monoisotopic (exact) mass is 524 g/mol. The highest BCUT2D eigenvalue weighted by molar-refractivity contribution is 7.81. The van der Waals surface area contributed by atoms with Crippen molar-refractivity contribution in [2.24, 2.45) is 0 Å². The number of halogens is 1. The van der Waals surface area contributed by atoms with Crippen LogP contribution in [-0.4, -0.2) is 19.2 Å². The van der Waals surface area contributed by atoms with E-state index in [2.05, 4.69) is 88.9 Å². The molecule has 0 amide bonds. The van der Waals surface area contributed by atoms with E-state index < -0.39 is 0 Å². The molecule has 1 aliphatic heterocycles. The van der Waals surface area contributed by atoms with Crippen molar-refractivity contribution in [3.8, 4) is 22.5 Å².